The third-order valence-electron chi connectivity index (χ3n) is 3.63. The summed E-state index contributed by atoms with van der Waals surface area (Å²) in [5, 5.41) is 10.9. The van der Waals surface area contributed by atoms with Gasteiger partial charge in [0.25, 0.3) is 0 Å². The number of amides is 1. The Morgan fingerprint density at radius 1 is 1.29 bits per heavy atom. The second kappa shape index (κ2) is 5.76. The molecule has 0 spiro atoms. The molecule has 1 aliphatic rings. The zero-order valence-electron chi connectivity index (χ0n) is 11.8. The molecule has 1 aromatic rings. The van der Waals surface area contributed by atoms with Gasteiger partial charge in [-0.1, -0.05) is 0 Å². The van der Waals surface area contributed by atoms with E-state index in [0.29, 0.717) is 6.42 Å². The largest absolute Gasteiger partial charge is 0.478 e. The number of anilines is 1. The summed E-state index contributed by atoms with van der Waals surface area (Å²) in [4.78, 5) is 24.4. The van der Waals surface area contributed by atoms with Crippen molar-refractivity contribution in [3.63, 3.8) is 0 Å². The first-order chi connectivity index (χ1) is 9.71. The fourth-order valence-electron chi connectivity index (χ4n) is 2.29. The van der Waals surface area contributed by atoms with Crippen LogP contribution in [-0.4, -0.2) is 36.9 Å². The Morgan fingerprint density at radius 3 is 2.48 bits per heavy atom. The molecule has 0 aliphatic heterocycles. The van der Waals surface area contributed by atoms with Gasteiger partial charge in [0, 0.05) is 11.1 Å². The van der Waals surface area contributed by atoms with Gasteiger partial charge in [-0.05, 0) is 38.2 Å². The van der Waals surface area contributed by atoms with Gasteiger partial charge < -0.3 is 10.4 Å². The van der Waals surface area contributed by atoms with Crippen molar-refractivity contribution >= 4 is 38.1 Å². The molecule has 2 N–H and O–H groups in total. The number of carboxylic acids is 1. The van der Waals surface area contributed by atoms with Crippen LogP contribution in [0.4, 0.5) is 5.00 Å². The molecule has 0 radical (unpaired) electrons. The SMILES string of the molecule is CC(C(=O)Nc1sc2c(c1C(=O)O)CCCC2)S(C)(=O)=O. The number of thiophene rings is 1. The van der Waals surface area contributed by atoms with E-state index in [4.69, 9.17) is 0 Å². The average Bonchev–Trinajstić information content (AvgIpc) is 2.74. The topological polar surface area (TPSA) is 101 Å². The molecule has 1 atom stereocenters. The minimum absolute atomic E-state index is 0.115. The Balaban J connectivity index is 2.34. The van der Waals surface area contributed by atoms with E-state index in [1.54, 1.807) is 0 Å². The van der Waals surface area contributed by atoms with Gasteiger partial charge in [0.1, 0.15) is 10.3 Å². The lowest BCUT2D eigenvalue weighted by molar-refractivity contribution is -0.115. The van der Waals surface area contributed by atoms with E-state index in [-0.39, 0.29) is 10.6 Å². The van der Waals surface area contributed by atoms with Crippen LogP contribution >= 0.6 is 11.3 Å². The van der Waals surface area contributed by atoms with Crippen molar-refractivity contribution in [3.05, 3.63) is 16.0 Å². The zero-order chi connectivity index (χ0) is 15.8. The standard InChI is InChI=1S/C13H17NO5S2/c1-7(21(2,18)19)11(15)14-12-10(13(16)17)8-5-3-4-6-9(8)20-12/h7H,3-6H2,1-2H3,(H,14,15)(H,16,17). The van der Waals surface area contributed by atoms with Crippen LogP contribution in [0.2, 0.25) is 0 Å². The molecule has 116 valence electrons. The number of sulfone groups is 1. The molecule has 1 aromatic heterocycles. The summed E-state index contributed by atoms with van der Waals surface area (Å²) >= 11 is 1.24. The number of carbonyl (C=O) groups is 2. The van der Waals surface area contributed by atoms with Gasteiger partial charge >= 0.3 is 5.97 Å². The number of aryl methyl sites for hydroxylation is 1. The van der Waals surface area contributed by atoms with E-state index >= 15 is 0 Å². The van der Waals surface area contributed by atoms with Crippen molar-refractivity contribution in [1.82, 2.24) is 0 Å². The summed E-state index contributed by atoms with van der Waals surface area (Å²) in [6.45, 7) is 1.29. The normalized spacial score (nSPS) is 16.1. The molecular weight excluding hydrogens is 314 g/mol. The fourth-order valence-corrected chi connectivity index (χ4v) is 4.02. The third kappa shape index (κ3) is 3.26. The van der Waals surface area contributed by atoms with E-state index in [2.05, 4.69) is 5.32 Å². The molecule has 8 heteroatoms. The summed E-state index contributed by atoms with van der Waals surface area (Å²) in [6, 6.07) is 0. The second-order valence-corrected chi connectivity index (χ2v) is 8.65. The molecule has 0 saturated heterocycles. The number of hydrogen-bond donors (Lipinski definition) is 2. The van der Waals surface area contributed by atoms with Crippen molar-refractivity contribution in [1.29, 1.82) is 0 Å². The van der Waals surface area contributed by atoms with E-state index in [9.17, 15) is 23.1 Å². The summed E-state index contributed by atoms with van der Waals surface area (Å²) in [6.07, 6.45) is 4.40. The molecule has 0 bridgehead atoms. The van der Waals surface area contributed by atoms with Crippen molar-refractivity contribution in [2.75, 3.05) is 11.6 Å². The number of fused-ring (bicyclic) bond motifs is 1. The molecule has 1 amide bonds. The van der Waals surface area contributed by atoms with Crippen LogP contribution in [0.5, 0.6) is 0 Å². The molecule has 2 rings (SSSR count). The quantitative estimate of drug-likeness (QED) is 0.874. The Hall–Kier alpha value is -1.41. The lowest BCUT2D eigenvalue weighted by Gasteiger charge is -2.11. The van der Waals surface area contributed by atoms with E-state index in [0.717, 1.165) is 36.0 Å². The summed E-state index contributed by atoms with van der Waals surface area (Å²) in [5.41, 5.74) is 0.893. The predicted molar refractivity (Wildman–Crippen MR) is 80.9 cm³/mol. The highest BCUT2D eigenvalue weighted by Gasteiger charge is 2.29. The number of carboxylic acid groups (broad SMARTS) is 1. The number of carbonyl (C=O) groups excluding carboxylic acids is 1. The highest BCUT2D eigenvalue weighted by molar-refractivity contribution is 7.92. The van der Waals surface area contributed by atoms with Crippen molar-refractivity contribution in [2.45, 2.75) is 37.9 Å². The minimum atomic E-state index is -3.51. The van der Waals surface area contributed by atoms with Crippen LogP contribution < -0.4 is 5.32 Å². The molecule has 0 saturated carbocycles. The minimum Gasteiger partial charge on any atom is -0.478 e. The van der Waals surface area contributed by atoms with Crippen molar-refractivity contribution in [2.24, 2.45) is 0 Å². The molecule has 0 fully saturated rings. The maximum absolute atomic E-state index is 12.0. The zero-order valence-corrected chi connectivity index (χ0v) is 13.4. The van der Waals surface area contributed by atoms with Crippen molar-refractivity contribution in [3.8, 4) is 0 Å². The van der Waals surface area contributed by atoms with Crippen LogP contribution in [-0.2, 0) is 27.5 Å². The Kier molecular flexibility index (Phi) is 4.38. The number of aromatic carboxylic acids is 1. The summed E-state index contributed by atoms with van der Waals surface area (Å²) in [7, 11) is -3.51. The molecule has 6 nitrogen and oxygen atoms in total. The number of hydrogen-bond acceptors (Lipinski definition) is 5. The molecule has 1 aliphatic carbocycles. The molecule has 0 aromatic carbocycles. The summed E-state index contributed by atoms with van der Waals surface area (Å²) in [5.74, 6) is -1.78. The number of rotatable bonds is 4. The third-order valence-corrected chi connectivity index (χ3v) is 6.34. The maximum atomic E-state index is 12.0. The van der Waals surface area contributed by atoms with E-state index in [1.807, 2.05) is 0 Å². The molecule has 21 heavy (non-hydrogen) atoms. The van der Waals surface area contributed by atoms with E-state index < -0.39 is 27.0 Å². The first-order valence-corrected chi connectivity index (χ1v) is 9.36. The highest BCUT2D eigenvalue weighted by atomic mass is 32.2. The first kappa shape index (κ1) is 16.0. The fraction of sp³-hybridized carbons (Fsp3) is 0.538. The highest BCUT2D eigenvalue weighted by Crippen LogP contribution is 2.38. The first-order valence-electron chi connectivity index (χ1n) is 6.59. The van der Waals surface area contributed by atoms with Gasteiger partial charge in [0.15, 0.2) is 9.84 Å². The van der Waals surface area contributed by atoms with Crippen molar-refractivity contribution < 1.29 is 23.1 Å². The van der Waals surface area contributed by atoms with E-state index in [1.165, 1.54) is 18.3 Å². The summed E-state index contributed by atoms with van der Waals surface area (Å²) < 4.78 is 22.8. The monoisotopic (exact) mass is 331 g/mol. The predicted octanol–water partition coefficient (Wildman–Crippen LogP) is 1.70. The molecular formula is C13H17NO5S2. The maximum Gasteiger partial charge on any atom is 0.339 e. The van der Waals surface area contributed by atoms with Gasteiger partial charge in [0.05, 0.1) is 5.56 Å². The smallest absolute Gasteiger partial charge is 0.339 e. The Labute approximate surface area is 127 Å². The average molecular weight is 331 g/mol. The molecule has 1 unspecified atom stereocenters. The van der Waals surface area contributed by atoms with Gasteiger partial charge in [-0.2, -0.15) is 0 Å². The Morgan fingerprint density at radius 2 is 1.90 bits per heavy atom. The van der Waals surface area contributed by atoms with Gasteiger partial charge in [-0.15, -0.1) is 11.3 Å². The lowest BCUT2D eigenvalue weighted by Crippen LogP contribution is -2.32. The molecule has 1 heterocycles. The van der Waals surface area contributed by atoms with Gasteiger partial charge in [-0.25, -0.2) is 13.2 Å². The number of nitrogens with one attached hydrogen (secondary N) is 1. The second-order valence-electron chi connectivity index (χ2n) is 5.18. The van der Waals surface area contributed by atoms with Crippen LogP contribution in [0.15, 0.2) is 0 Å². The van der Waals surface area contributed by atoms with Crippen LogP contribution in [0, 0.1) is 0 Å². The van der Waals surface area contributed by atoms with Crippen LogP contribution in [0.3, 0.4) is 0 Å². The van der Waals surface area contributed by atoms with Crippen LogP contribution in [0.25, 0.3) is 0 Å². The lowest BCUT2D eigenvalue weighted by atomic mass is 9.95. The van der Waals surface area contributed by atoms with Crippen LogP contribution in [0.1, 0.15) is 40.6 Å². The Bertz CT molecular complexity index is 690. The van der Waals surface area contributed by atoms with Gasteiger partial charge in [0.2, 0.25) is 5.91 Å². The van der Waals surface area contributed by atoms with Gasteiger partial charge in [-0.3, -0.25) is 4.79 Å².